The molecular weight excluding hydrogens is 352 g/mol. The lowest BCUT2D eigenvalue weighted by molar-refractivity contribution is 0.0698. The molecule has 0 saturated heterocycles. The summed E-state index contributed by atoms with van der Waals surface area (Å²) in [6.45, 7) is 3.87. The van der Waals surface area contributed by atoms with E-state index in [1.54, 1.807) is 12.1 Å². The van der Waals surface area contributed by atoms with Crippen LogP contribution in [0.3, 0.4) is 0 Å². The monoisotopic (exact) mass is 374 g/mol. The number of carbonyl (C=O) groups is 1. The molecule has 28 heavy (non-hydrogen) atoms. The average molecular weight is 374 g/mol. The number of para-hydroxylation sites is 1. The molecule has 0 radical (unpaired) electrons. The van der Waals surface area contributed by atoms with Crippen LogP contribution < -0.4 is 10.2 Å². The van der Waals surface area contributed by atoms with Gasteiger partial charge in [0.05, 0.1) is 11.4 Å². The van der Waals surface area contributed by atoms with Crippen molar-refractivity contribution >= 4 is 17.4 Å². The number of furan rings is 1. The van der Waals surface area contributed by atoms with Crippen LogP contribution in [0.5, 0.6) is 5.75 Å². The number of nitrogens with one attached hydrogen (secondary N) is 1. The Hall–Kier alpha value is -3.34. The van der Waals surface area contributed by atoms with Gasteiger partial charge in [-0.2, -0.15) is 5.10 Å². The predicted octanol–water partition coefficient (Wildman–Crippen LogP) is 5.27. The Morgan fingerprint density at radius 3 is 2.54 bits per heavy atom. The fourth-order valence-electron chi connectivity index (χ4n) is 3.38. The van der Waals surface area contributed by atoms with Gasteiger partial charge in [0.1, 0.15) is 11.5 Å². The number of nitrogens with zero attached hydrogens (tertiary/aromatic N) is 1. The zero-order valence-corrected chi connectivity index (χ0v) is 16.0. The highest BCUT2D eigenvalue weighted by Crippen LogP contribution is 2.31. The number of hydrogen-bond acceptors (Lipinski definition) is 5. The number of hydrogen-bond donors (Lipinski definition) is 1. The maximum absolute atomic E-state index is 12.7. The molecule has 3 aromatic rings. The van der Waals surface area contributed by atoms with Crippen molar-refractivity contribution in [3.63, 3.8) is 0 Å². The number of anilines is 1. The lowest BCUT2D eigenvalue weighted by Crippen LogP contribution is -2.13. The van der Waals surface area contributed by atoms with E-state index in [1.807, 2.05) is 56.3 Å². The van der Waals surface area contributed by atoms with Gasteiger partial charge in [0.2, 0.25) is 5.76 Å². The van der Waals surface area contributed by atoms with Crippen molar-refractivity contribution in [1.82, 2.24) is 0 Å². The van der Waals surface area contributed by atoms with Crippen LogP contribution in [0.25, 0.3) is 0 Å². The summed E-state index contributed by atoms with van der Waals surface area (Å²) >= 11 is 0. The van der Waals surface area contributed by atoms with Gasteiger partial charge in [0, 0.05) is 17.5 Å². The number of fused-ring (bicyclic) bond motifs is 1. The van der Waals surface area contributed by atoms with E-state index in [2.05, 4.69) is 10.5 Å². The molecule has 0 unspecified atom stereocenters. The van der Waals surface area contributed by atoms with Crippen molar-refractivity contribution in [1.29, 1.82) is 0 Å². The van der Waals surface area contributed by atoms with Crippen LogP contribution in [0.15, 0.2) is 64.1 Å². The van der Waals surface area contributed by atoms with Crippen molar-refractivity contribution in [2.45, 2.75) is 33.1 Å². The first-order valence-corrected chi connectivity index (χ1v) is 9.41. The summed E-state index contributed by atoms with van der Waals surface area (Å²) in [5, 5.41) is 4.58. The predicted molar refractivity (Wildman–Crippen MR) is 109 cm³/mol. The summed E-state index contributed by atoms with van der Waals surface area (Å²) in [5.41, 5.74) is 7.73. The number of aryl methyl sites for hydroxylation is 2. The molecule has 0 amide bonds. The van der Waals surface area contributed by atoms with E-state index in [-0.39, 0.29) is 5.76 Å². The molecular formula is C23H22N2O3. The highest BCUT2D eigenvalue weighted by Gasteiger charge is 2.29. The second kappa shape index (κ2) is 7.72. The minimum atomic E-state index is -0.480. The summed E-state index contributed by atoms with van der Waals surface area (Å²) in [6, 6.07) is 17.2. The minimum absolute atomic E-state index is 0.250. The van der Waals surface area contributed by atoms with Gasteiger partial charge in [-0.3, -0.25) is 5.43 Å². The van der Waals surface area contributed by atoms with Crippen molar-refractivity contribution in [2.75, 3.05) is 5.43 Å². The average Bonchev–Trinajstić information content (AvgIpc) is 3.06. The molecule has 0 saturated carbocycles. The molecule has 5 heteroatoms. The maximum atomic E-state index is 12.7. The quantitative estimate of drug-likeness (QED) is 0.384. The van der Waals surface area contributed by atoms with Gasteiger partial charge in [0.15, 0.2) is 0 Å². The van der Waals surface area contributed by atoms with Crippen LogP contribution >= 0.6 is 0 Å². The Morgan fingerprint density at radius 2 is 1.79 bits per heavy atom. The second-order valence-corrected chi connectivity index (χ2v) is 6.95. The van der Waals surface area contributed by atoms with Gasteiger partial charge in [-0.25, -0.2) is 4.79 Å². The van der Waals surface area contributed by atoms with E-state index in [0.717, 1.165) is 53.1 Å². The Balaban J connectivity index is 1.59. The molecule has 1 N–H and O–H groups in total. The minimum Gasteiger partial charge on any atom is -0.453 e. The Labute approximate surface area is 164 Å². The number of hydrazone groups is 1. The van der Waals surface area contributed by atoms with Gasteiger partial charge < -0.3 is 9.15 Å². The van der Waals surface area contributed by atoms with Gasteiger partial charge in [-0.1, -0.05) is 35.9 Å². The molecule has 1 heterocycles. The van der Waals surface area contributed by atoms with Gasteiger partial charge in [-0.05, 0) is 51.0 Å². The van der Waals surface area contributed by atoms with Crippen LogP contribution in [0.2, 0.25) is 0 Å². The van der Waals surface area contributed by atoms with E-state index in [1.165, 1.54) is 0 Å². The topological polar surface area (TPSA) is 63.8 Å². The lowest BCUT2D eigenvalue weighted by atomic mass is 9.93. The Morgan fingerprint density at radius 1 is 1.04 bits per heavy atom. The molecule has 0 atom stereocenters. The highest BCUT2D eigenvalue weighted by atomic mass is 16.5. The number of rotatable bonds is 4. The van der Waals surface area contributed by atoms with Crippen LogP contribution in [-0.2, 0) is 6.42 Å². The summed E-state index contributed by atoms with van der Waals surface area (Å²) in [5.74, 6) is 1.07. The first-order chi connectivity index (χ1) is 13.6. The summed E-state index contributed by atoms with van der Waals surface area (Å²) < 4.78 is 11.4. The van der Waals surface area contributed by atoms with E-state index in [9.17, 15) is 4.79 Å². The van der Waals surface area contributed by atoms with E-state index < -0.39 is 5.97 Å². The van der Waals surface area contributed by atoms with Crippen molar-refractivity contribution < 1.29 is 13.9 Å². The second-order valence-electron chi connectivity index (χ2n) is 6.95. The standard InChI is InChI=1S/C23H22N2O3/c1-15-11-13-18(14-12-15)27-23(26)22-16(2)21-19(9-6-10-20(21)28-22)25-24-17-7-4-3-5-8-17/h3-5,7-8,11-14,24H,6,9-10H2,1-2H3/b25-19+. The van der Waals surface area contributed by atoms with E-state index in [0.29, 0.717) is 5.75 Å². The van der Waals surface area contributed by atoms with E-state index >= 15 is 0 Å². The van der Waals surface area contributed by atoms with Crippen LogP contribution in [0.4, 0.5) is 5.69 Å². The van der Waals surface area contributed by atoms with Gasteiger partial charge >= 0.3 is 5.97 Å². The molecule has 1 aliphatic rings. The normalized spacial score (nSPS) is 14.6. The van der Waals surface area contributed by atoms with Gasteiger partial charge in [-0.15, -0.1) is 0 Å². The van der Waals surface area contributed by atoms with Crippen molar-refractivity contribution in [3.05, 3.63) is 82.8 Å². The first-order valence-electron chi connectivity index (χ1n) is 9.41. The molecule has 0 fully saturated rings. The number of benzene rings is 2. The third kappa shape index (κ3) is 3.69. The maximum Gasteiger partial charge on any atom is 0.379 e. The number of carbonyl (C=O) groups excluding carboxylic acids is 1. The van der Waals surface area contributed by atoms with Gasteiger partial charge in [0.25, 0.3) is 0 Å². The summed E-state index contributed by atoms with van der Waals surface area (Å²) in [6.07, 6.45) is 2.56. The largest absolute Gasteiger partial charge is 0.453 e. The summed E-state index contributed by atoms with van der Waals surface area (Å²) in [7, 11) is 0. The third-order valence-corrected chi connectivity index (χ3v) is 4.84. The van der Waals surface area contributed by atoms with Crippen LogP contribution in [-0.4, -0.2) is 11.7 Å². The molecule has 0 aliphatic heterocycles. The fourth-order valence-corrected chi connectivity index (χ4v) is 3.38. The molecule has 0 spiro atoms. The Kier molecular flexibility index (Phi) is 4.98. The lowest BCUT2D eigenvalue weighted by Gasteiger charge is -2.13. The summed E-state index contributed by atoms with van der Waals surface area (Å²) in [4.78, 5) is 12.7. The Bertz CT molecular complexity index is 1020. The zero-order chi connectivity index (χ0) is 19.5. The number of ether oxygens (including phenoxy) is 1. The smallest absolute Gasteiger partial charge is 0.379 e. The highest BCUT2D eigenvalue weighted by molar-refractivity contribution is 6.06. The van der Waals surface area contributed by atoms with Crippen molar-refractivity contribution in [2.24, 2.45) is 5.10 Å². The SMILES string of the molecule is Cc1ccc(OC(=O)c2oc3c(c2C)/C(=N/Nc2ccccc2)CCC3)cc1. The van der Waals surface area contributed by atoms with Crippen LogP contribution in [0.1, 0.15) is 45.8 Å². The number of esters is 1. The third-order valence-electron chi connectivity index (χ3n) is 4.84. The molecule has 1 aromatic heterocycles. The van der Waals surface area contributed by atoms with Crippen LogP contribution in [0, 0.1) is 13.8 Å². The molecule has 5 nitrogen and oxygen atoms in total. The molecule has 2 aromatic carbocycles. The molecule has 4 rings (SSSR count). The molecule has 142 valence electrons. The van der Waals surface area contributed by atoms with Crippen molar-refractivity contribution in [3.8, 4) is 5.75 Å². The molecule has 0 bridgehead atoms. The fraction of sp³-hybridized carbons (Fsp3) is 0.217. The first kappa shape index (κ1) is 18.0. The van der Waals surface area contributed by atoms with E-state index in [4.69, 9.17) is 9.15 Å². The molecule has 1 aliphatic carbocycles. The zero-order valence-electron chi connectivity index (χ0n) is 16.0.